The molecule has 18 heavy (non-hydrogen) atoms. The summed E-state index contributed by atoms with van der Waals surface area (Å²) in [7, 11) is -2.31. The maximum Gasteiger partial charge on any atom is 0.281 e. The minimum atomic E-state index is -3.83. The lowest BCUT2D eigenvalue weighted by molar-refractivity contribution is 0.475. The Morgan fingerprint density at radius 1 is 1.44 bits per heavy atom. The van der Waals surface area contributed by atoms with E-state index in [4.69, 9.17) is 5.73 Å². The average molecular weight is 268 g/mol. The van der Waals surface area contributed by atoms with Crippen LogP contribution in [-0.4, -0.2) is 23.1 Å². The summed E-state index contributed by atoms with van der Waals surface area (Å²) in [6, 6.07) is 5.78. The molecule has 0 fully saturated rings. The monoisotopic (exact) mass is 268 g/mol. The van der Waals surface area contributed by atoms with Crippen LogP contribution in [0.4, 0.5) is 11.5 Å². The number of nitrogens with zero attached hydrogens (tertiary/aromatic N) is 2. The quantitative estimate of drug-likeness (QED) is 0.751. The molecule has 0 saturated heterocycles. The summed E-state index contributed by atoms with van der Waals surface area (Å²) in [6.45, 7) is 0. The summed E-state index contributed by atoms with van der Waals surface area (Å²) in [5.74, 6) is -0.113. The smallest absolute Gasteiger partial charge is 0.281 e. The molecule has 0 radical (unpaired) electrons. The molecule has 4 N–H and O–H groups in total. The maximum absolute atomic E-state index is 12.1. The molecule has 0 aliphatic carbocycles. The van der Waals surface area contributed by atoms with Gasteiger partial charge in [0.1, 0.15) is 5.75 Å². The molecule has 1 aromatic carbocycles. The highest BCUT2D eigenvalue weighted by molar-refractivity contribution is 7.92. The second kappa shape index (κ2) is 4.22. The number of benzene rings is 1. The number of aromatic nitrogens is 2. The standard InChI is InChI=1S/C10H12N4O3S/c1-14-6-12-9(11)10(14)18(16,17)13-7-3-2-4-8(15)5-7/h2-6,13,15H,11H2,1H3. The van der Waals surface area contributed by atoms with E-state index in [2.05, 4.69) is 9.71 Å². The summed E-state index contributed by atoms with van der Waals surface area (Å²) in [5.41, 5.74) is 5.76. The van der Waals surface area contributed by atoms with E-state index in [1.807, 2.05) is 0 Å². The molecular formula is C10H12N4O3S. The van der Waals surface area contributed by atoms with Gasteiger partial charge in [-0.05, 0) is 12.1 Å². The molecule has 0 amide bonds. The average Bonchev–Trinajstić information content (AvgIpc) is 2.58. The van der Waals surface area contributed by atoms with Crippen molar-refractivity contribution in [1.29, 1.82) is 0 Å². The number of hydrogen-bond acceptors (Lipinski definition) is 5. The molecule has 2 rings (SSSR count). The number of phenols is 1. The Labute approximate surface area is 104 Å². The van der Waals surface area contributed by atoms with Gasteiger partial charge in [0, 0.05) is 13.1 Å². The van der Waals surface area contributed by atoms with Crippen LogP contribution in [0.5, 0.6) is 5.75 Å². The number of nitrogens with one attached hydrogen (secondary N) is 1. The number of aryl methyl sites for hydroxylation is 1. The molecule has 0 bridgehead atoms. The van der Waals surface area contributed by atoms with E-state index in [9.17, 15) is 13.5 Å². The van der Waals surface area contributed by atoms with Crippen LogP contribution in [0.1, 0.15) is 0 Å². The summed E-state index contributed by atoms with van der Waals surface area (Å²) >= 11 is 0. The number of sulfonamides is 1. The molecule has 7 nitrogen and oxygen atoms in total. The van der Waals surface area contributed by atoms with Crippen LogP contribution in [-0.2, 0) is 17.1 Å². The highest BCUT2D eigenvalue weighted by Crippen LogP contribution is 2.22. The molecule has 0 aliphatic rings. The predicted molar refractivity (Wildman–Crippen MR) is 66.5 cm³/mol. The van der Waals surface area contributed by atoms with E-state index < -0.39 is 10.0 Å². The summed E-state index contributed by atoms with van der Waals surface area (Å²) in [4.78, 5) is 3.71. The van der Waals surface area contributed by atoms with Crippen LogP contribution in [0.15, 0.2) is 35.6 Å². The first-order valence-corrected chi connectivity index (χ1v) is 6.47. The zero-order valence-corrected chi connectivity index (χ0v) is 10.3. The van der Waals surface area contributed by atoms with Gasteiger partial charge in [-0.15, -0.1) is 0 Å². The lowest BCUT2D eigenvalue weighted by atomic mass is 10.3. The van der Waals surface area contributed by atoms with Gasteiger partial charge < -0.3 is 15.4 Å². The maximum atomic E-state index is 12.1. The van der Waals surface area contributed by atoms with Gasteiger partial charge in [-0.3, -0.25) is 4.72 Å². The molecule has 0 spiro atoms. The van der Waals surface area contributed by atoms with E-state index in [0.29, 0.717) is 0 Å². The largest absolute Gasteiger partial charge is 0.508 e. The van der Waals surface area contributed by atoms with Gasteiger partial charge in [0.2, 0.25) is 0 Å². The number of imidazole rings is 1. The SMILES string of the molecule is Cn1cnc(N)c1S(=O)(=O)Nc1cccc(O)c1. The molecule has 8 heteroatoms. The van der Waals surface area contributed by atoms with Crippen molar-refractivity contribution < 1.29 is 13.5 Å². The highest BCUT2D eigenvalue weighted by Gasteiger charge is 2.22. The fourth-order valence-electron chi connectivity index (χ4n) is 1.54. The van der Waals surface area contributed by atoms with Gasteiger partial charge in [0.15, 0.2) is 10.8 Å². The second-order valence-electron chi connectivity index (χ2n) is 3.70. The lowest BCUT2D eigenvalue weighted by Crippen LogP contribution is -2.17. The van der Waals surface area contributed by atoms with Crippen LogP contribution >= 0.6 is 0 Å². The topological polar surface area (TPSA) is 110 Å². The Hall–Kier alpha value is -2.22. The van der Waals surface area contributed by atoms with Crippen molar-refractivity contribution in [3.05, 3.63) is 30.6 Å². The third-order valence-corrected chi connectivity index (χ3v) is 3.77. The van der Waals surface area contributed by atoms with Crippen LogP contribution in [0.3, 0.4) is 0 Å². The Balaban J connectivity index is 2.39. The van der Waals surface area contributed by atoms with Gasteiger partial charge in [-0.25, -0.2) is 4.98 Å². The first-order chi connectivity index (χ1) is 8.40. The Morgan fingerprint density at radius 2 is 2.17 bits per heavy atom. The van der Waals surface area contributed by atoms with Gasteiger partial charge in [0.25, 0.3) is 10.0 Å². The number of anilines is 2. The molecule has 96 valence electrons. The first kappa shape index (κ1) is 12.2. The minimum Gasteiger partial charge on any atom is -0.508 e. The Bertz CT molecular complexity index is 659. The van der Waals surface area contributed by atoms with Crippen LogP contribution in [0.2, 0.25) is 0 Å². The molecule has 0 saturated carbocycles. The number of rotatable bonds is 3. The van der Waals surface area contributed by atoms with E-state index >= 15 is 0 Å². The fourth-order valence-corrected chi connectivity index (χ4v) is 2.83. The number of nitrogens with two attached hydrogens (primary N) is 1. The number of phenolic OH excluding ortho intramolecular Hbond substituents is 1. The van der Waals surface area contributed by atoms with Gasteiger partial charge in [0.05, 0.1) is 12.0 Å². The molecule has 2 aromatic rings. The summed E-state index contributed by atoms with van der Waals surface area (Å²) < 4.78 is 27.8. The van der Waals surface area contributed by atoms with Crippen LogP contribution in [0, 0.1) is 0 Å². The van der Waals surface area contributed by atoms with Crippen molar-refractivity contribution in [2.75, 3.05) is 10.5 Å². The minimum absolute atomic E-state index is 0.0341. The van der Waals surface area contributed by atoms with Crippen molar-refractivity contribution in [2.45, 2.75) is 5.03 Å². The molecule has 0 unspecified atom stereocenters. The molecule has 0 atom stereocenters. The van der Waals surface area contributed by atoms with Crippen molar-refractivity contribution in [2.24, 2.45) is 7.05 Å². The zero-order valence-electron chi connectivity index (χ0n) is 9.53. The molecular weight excluding hydrogens is 256 g/mol. The normalized spacial score (nSPS) is 11.4. The highest BCUT2D eigenvalue weighted by atomic mass is 32.2. The fraction of sp³-hybridized carbons (Fsp3) is 0.100. The number of hydrogen-bond donors (Lipinski definition) is 3. The predicted octanol–water partition coefficient (Wildman–Crippen LogP) is 0.509. The Morgan fingerprint density at radius 3 is 2.72 bits per heavy atom. The number of aromatic hydroxyl groups is 1. The Kier molecular flexibility index (Phi) is 2.87. The van der Waals surface area contributed by atoms with E-state index in [0.717, 1.165) is 0 Å². The third kappa shape index (κ3) is 2.23. The van der Waals surface area contributed by atoms with Gasteiger partial charge >= 0.3 is 0 Å². The van der Waals surface area contributed by atoms with E-state index in [1.165, 1.54) is 42.2 Å². The van der Waals surface area contributed by atoms with Crippen molar-refractivity contribution in [3.8, 4) is 5.75 Å². The zero-order chi connectivity index (χ0) is 13.3. The summed E-state index contributed by atoms with van der Waals surface area (Å²) in [5, 5.41) is 9.15. The molecule has 1 aromatic heterocycles. The first-order valence-electron chi connectivity index (χ1n) is 4.99. The van der Waals surface area contributed by atoms with Gasteiger partial charge in [-0.1, -0.05) is 6.07 Å². The molecule has 0 aliphatic heterocycles. The van der Waals surface area contributed by atoms with Crippen LogP contribution < -0.4 is 10.5 Å². The van der Waals surface area contributed by atoms with Crippen molar-refractivity contribution >= 4 is 21.5 Å². The lowest BCUT2D eigenvalue weighted by Gasteiger charge is -2.09. The number of nitrogen functional groups attached to an aromatic ring is 1. The van der Waals surface area contributed by atoms with Crippen LogP contribution in [0.25, 0.3) is 0 Å². The van der Waals surface area contributed by atoms with E-state index in [1.54, 1.807) is 0 Å². The van der Waals surface area contributed by atoms with E-state index in [-0.39, 0.29) is 22.3 Å². The summed E-state index contributed by atoms with van der Waals surface area (Å²) in [6.07, 6.45) is 1.31. The third-order valence-electron chi connectivity index (χ3n) is 2.26. The van der Waals surface area contributed by atoms with Crippen molar-refractivity contribution in [1.82, 2.24) is 9.55 Å². The second-order valence-corrected chi connectivity index (χ2v) is 5.30. The van der Waals surface area contributed by atoms with Gasteiger partial charge in [-0.2, -0.15) is 8.42 Å². The van der Waals surface area contributed by atoms with Crippen molar-refractivity contribution in [3.63, 3.8) is 0 Å². The molecule has 1 heterocycles.